The summed E-state index contributed by atoms with van der Waals surface area (Å²) in [6.07, 6.45) is 7.31. The van der Waals surface area contributed by atoms with Crippen molar-refractivity contribution in [3.8, 4) is 16.9 Å². The maximum Gasteiger partial charge on any atom is 0.201 e. The van der Waals surface area contributed by atoms with Crippen LogP contribution in [0.3, 0.4) is 0 Å². The summed E-state index contributed by atoms with van der Waals surface area (Å²) in [7, 11) is 1.31. The van der Waals surface area contributed by atoms with Crippen LogP contribution in [0.4, 0.5) is 17.6 Å². The van der Waals surface area contributed by atoms with Gasteiger partial charge in [-0.1, -0.05) is 30.3 Å². The molecule has 2 aromatic carbocycles. The van der Waals surface area contributed by atoms with Crippen LogP contribution in [0.5, 0.6) is 5.75 Å². The van der Waals surface area contributed by atoms with Crippen LogP contribution in [0.2, 0.25) is 0 Å². The maximum atomic E-state index is 14.3. The number of alkyl halides is 1. The molecule has 1 nitrogen and oxygen atoms in total. The molecule has 0 atom stereocenters. The Morgan fingerprint density at radius 2 is 1.70 bits per heavy atom. The van der Waals surface area contributed by atoms with E-state index in [4.69, 9.17) is 4.74 Å². The van der Waals surface area contributed by atoms with Crippen molar-refractivity contribution >= 4 is 0 Å². The van der Waals surface area contributed by atoms with Gasteiger partial charge in [0, 0.05) is 12.0 Å². The minimum atomic E-state index is -0.975. The maximum absolute atomic E-state index is 14.3. The lowest BCUT2D eigenvalue weighted by Crippen LogP contribution is -2.13. The summed E-state index contributed by atoms with van der Waals surface area (Å²) >= 11 is 0. The quantitative estimate of drug-likeness (QED) is 0.394. The lowest BCUT2D eigenvalue weighted by molar-refractivity contribution is 0.311. The second-order valence-corrected chi connectivity index (χ2v) is 7.95. The first kappa shape index (κ1) is 22.4. The van der Waals surface area contributed by atoms with Gasteiger partial charge >= 0.3 is 0 Å². The molecule has 0 spiro atoms. The highest BCUT2D eigenvalue weighted by Crippen LogP contribution is 2.38. The molecular formula is C25H28F4O. The smallest absolute Gasteiger partial charge is 0.201 e. The lowest BCUT2D eigenvalue weighted by atomic mass is 9.77. The van der Waals surface area contributed by atoms with Gasteiger partial charge in [-0.3, -0.25) is 4.39 Å². The van der Waals surface area contributed by atoms with Crippen molar-refractivity contribution < 1.29 is 22.3 Å². The van der Waals surface area contributed by atoms with Gasteiger partial charge in [-0.15, -0.1) is 0 Å². The largest absolute Gasteiger partial charge is 0.494 e. The number of methoxy groups -OCH3 is 1. The SMILES string of the molecule is COc1ccc(-c2ccc(C3CCC(CCC=C(F)CCF)CC3)cc2)c(F)c1F. The van der Waals surface area contributed by atoms with Crippen LogP contribution >= 0.6 is 0 Å². The van der Waals surface area contributed by atoms with Crippen LogP contribution in [0.25, 0.3) is 11.1 Å². The highest BCUT2D eigenvalue weighted by molar-refractivity contribution is 5.65. The molecule has 1 aliphatic carbocycles. The normalized spacial score (nSPS) is 19.7. The molecule has 1 saturated carbocycles. The summed E-state index contributed by atoms with van der Waals surface area (Å²) in [5.74, 6) is -1.31. The molecule has 0 heterocycles. The second-order valence-electron chi connectivity index (χ2n) is 7.95. The van der Waals surface area contributed by atoms with Crippen molar-refractivity contribution in [3.63, 3.8) is 0 Å². The summed E-state index contributed by atoms with van der Waals surface area (Å²) in [5.41, 5.74) is 2.06. The molecule has 0 N–H and O–H groups in total. The zero-order chi connectivity index (χ0) is 21.5. The average Bonchev–Trinajstić information content (AvgIpc) is 2.76. The Kier molecular flexibility index (Phi) is 7.94. The monoisotopic (exact) mass is 420 g/mol. The van der Waals surface area contributed by atoms with Crippen LogP contribution in [0.1, 0.15) is 56.4 Å². The summed E-state index contributed by atoms with van der Waals surface area (Å²) in [5, 5.41) is 0. The molecule has 30 heavy (non-hydrogen) atoms. The topological polar surface area (TPSA) is 9.23 Å². The van der Waals surface area contributed by atoms with E-state index >= 15 is 0 Å². The fourth-order valence-electron chi connectivity index (χ4n) is 4.30. The van der Waals surface area contributed by atoms with Crippen LogP contribution in [0.15, 0.2) is 48.3 Å². The fourth-order valence-corrected chi connectivity index (χ4v) is 4.30. The molecule has 2 aromatic rings. The van der Waals surface area contributed by atoms with Crippen molar-refractivity contribution in [3.05, 3.63) is 65.5 Å². The van der Waals surface area contributed by atoms with E-state index in [2.05, 4.69) is 0 Å². The van der Waals surface area contributed by atoms with E-state index in [9.17, 15) is 17.6 Å². The van der Waals surface area contributed by atoms with Crippen molar-refractivity contribution in [2.75, 3.05) is 13.8 Å². The summed E-state index contributed by atoms with van der Waals surface area (Å²) in [4.78, 5) is 0. The molecule has 0 amide bonds. The minimum absolute atomic E-state index is 0.106. The highest BCUT2D eigenvalue weighted by Gasteiger charge is 2.22. The Labute approximate surface area is 175 Å². The van der Waals surface area contributed by atoms with Gasteiger partial charge in [0.05, 0.1) is 19.6 Å². The number of benzene rings is 2. The molecule has 1 aliphatic rings. The Hall–Kier alpha value is -2.30. The molecule has 3 rings (SSSR count). The third-order valence-electron chi connectivity index (χ3n) is 6.08. The molecule has 0 aliphatic heterocycles. The number of hydrogen-bond acceptors (Lipinski definition) is 1. The minimum Gasteiger partial charge on any atom is -0.494 e. The van der Waals surface area contributed by atoms with Crippen LogP contribution in [0, 0.1) is 17.6 Å². The van der Waals surface area contributed by atoms with Gasteiger partial charge in [0.1, 0.15) is 0 Å². The van der Waals surface area contributed by atoms with Gasteiger partial charge in [-0.25, -0.2) is 8.78 Å². The predicted molar refractivity (Wildman–Crippen MR) is 112 cm³/mol. The van der Waals surface area contributed by atoms with Gasteiger partial charge in [-0.05, 0) is 73.6 Å². The summed E-state index contributed by atoms with van der Waals surface area (Å²) in [6, 6.07) is 10.6. The van der Waals surface area contributed by atoms with Crippen LogP contribution in [-0.4, -0.2) is 13.8 Å². The Balaban J connectivity index is 1.57. The Bertz CT molecular complexity index is 852. The van der Waals surface area contributed by atoms with Crippen molar-refractivity contribution in [2.24, 2.45) is 5.92 Å². The fraction of sp³-hybridized carbons (Fsp3) is 0.440. The third kappa shape index (κ3) is 5.44. The summed E-state index contributed by atoms with van der Waals surface area (Å²) in [6.45, 7) is -0.647. The Morgan fingerprint density at radius 3 is 2.33 bits per heavy atom. The van der Waals surface area contributed by atoms with Crippen LogP contribution < -0.4 is 4.74 Å². The van der Waals surface area contributed by atoms with Gasteiger partial charge in [0.2, 0.25) is 5.82 Å². The molecule has 0 unspecified atom stereocenters. The Morgan fingerprint density at radius 1 is 1.00 bits per heavy atom. The molecule has 0 saturated heterocycles. The molecule has 162 valence electrons. The number of ether oxygens (including phenoxy) is 1. The average molecular weight is 420 g/mol. The van der Waals surface area contributed by atoms with Crippen molar-refractivity contribution in [2.45, 2.75) is 50.9 Å². The van der Waals surface area contributed by atoms with E-state index in [1.807, 2.05) is 24.3 Å². The van der Waals surface area contributed by atoms with Gasteiger partial charge in [-0.2, -0.15) is 4.39 Å². The van der Waals surface area contributed by atoms with E-state index in [-0.39, 0.29) is 23.6 Å². The van der Waals surface area contributed by atoms with Gasteiger partial charge < -0.3 is 4.74 Å². The first-order chi connectivity index (χ1) is 14.5. The first-order valence-electron chi connectivity index (χ1n) is 10.6. The van der Waals surface area contributed by atoms with Gasteiger partial charge in [0.15, 0.2) is 11.6 Å². The molecule has 5 heteroatoms. The van der Waals surface area contributed by atoms with E-state index in [1.54, 1.807) is 0 Å². The zero-order valence-electron chi connectivity index (χ0n) is 17.3. The zero-order valence-corrected chi connectivity index (χ0v) is 17.3. The molecule has 1 fully saturated rings. The number of halogens is 4. The van der Waals surface area contributed by atoms with E-state index in [0.29, 0.717) is 23.8 Å². The van der Waals surface area contributed by atoms with Crippen LogP contribution in [-0.2, 0) is 0 Å². The molecule has 0 radical (unpaired) electrons. The number of rotatable bonds is 8. The number of allylic oxidation sites excluding steroid dienone is 2. The van der Waals surface area contributed by atoms with E-state index in [1.165, 1.54) is 30.9 Å². The van der Waals surface area contributed by atoms with Crippen molar-refractivity contribution in [1.82, 2.24) is 0 Å². The van der Waals surface area contributed by atoms with Gasteiger partial charge in [0.25, 0.3) is 0 Å². The lowest BCUT2D eigenvalue weighted by Gasteiger charge is -2.28. The molecule has 0 bridgehead atoms. The van der Waals surface area contributed by atoms with Crippen molar-refractivity contribution in [1.29, 1.82) is 0 Å². The third-order valence-corrected chi connectivity index (χ3v) is 6.08. The summed E-state index contributed by atoms with van der Waals surface area (Å²) < 4.78 is 58.5. The van der Waals surface area contributed by atoms with E-state index in [0.717, 1.165) is 32.1 Å². The number of hydrogen-bond donors (Lipinski definition) is 0. The second kappa shape index (κ2) is 10.6. The highest BCUT2D eigenvalue weighted by atomic mass is 19.2. The first-order valence-corrected chi connectivity index (χ1v) is 10.6. The molecular weight excluding hydrogens is 392 g/mol. The molecule has 0 aromatic heterocycles. The predicted octanol–water partition coefficient (Wildman–Crippen LogP) is 7.91. The van der Waals surface area contributed by atoms with E-state index < -0.39 is 18.3 Å². The standard InChI is InChI=1S/C25H28F4O/c1-30-23-14-13-22(24(28)25(23)29)20-11-9-19(10-12-20)18-7-5-17(6-8-18)3-2-4-21(27)15-16-26/h4,9-14,17-18H,2-3,5-8,15-16H2,1H3.